The Bertz CT molecular complexity index is 771. The Morgan fingerprint density at radius 3 is 2.83 bits per heavy atom. The summed E-state index contributed by atoms with van der Waals surface area (Å²) in [6.45, 7) is 2.62. The summed E-state index contributed by atoms with van der Waals surface area (Å²) < 4.78 is 19.5. The Hall–Kier alpha value is -2.07. The van der Waals surface area contributed by atoms with E-state index in [0.717, 1.165) is 29.7 Å². The number of anilines is 1. The van der Waals surface area contributed by atoms with Crippen molar-refractivity contribution < 1.29 is 13.9 Å². The number of halogens is 2. The molecule has 1 heterocycles. The molecule has 5 heteroatoms. The maximum Gasteiger partial charge on any atom is 0.231 e. The zero-order valence-electron chi connectivity index (χ0n) is 13.7. The second kappa shape index (κ2) is 6.81. The minimum Gasteiger partial charge on any atom is -0.495 e. The standard InChI is InChI=1S/C19H19ClFNO2/c1-12-8-9-17(24-2)19-13(12)5-4-10-22(19)18(23)11-14-15(20)6-3-7-16(14)21/h3,6-9H,4-5,10-11H2,1-2H3. The topological polar surface area (TPSA) is 29.5 Å². The van der Waals surface area contributed by atoms with Crippen molar-refractivity contribution in [2.45, 2.75) is 26.2 Å². The second-order valence-corrected chi connectivity index (χ2v) is 6.34. The number of methoxy groups -OCH3 is 1. The molecule has 126 valence electrons. The normalized spacial score (nSPS) is 13.6. The van der Waals surface area contributed by atoms with Crippen molar-refractivity contribution in [1.82, 2.24) is 0 Å². The van der Waals surface area contributed by atoms with Gasteiger partial charge in [-0.25, -0.2) is 4.39 Å². The molecule has 24 heavy (non-hydrogen) atoms. The number of ether oxygens (including phenoxy) is 1. The highest BCUT2D eigenvalue weighted by Gasteiger charge is 2.28. The van der Waals surface area contributed by atoms with Crippen LogP contribution >= 0.6 is 11.6 Å². The predicted molar refractivity (Wildman–Crippen MR) is 93.5 cm³/mol. The predicted octanol–water partition coefficient (Wildman–Crippen LogP) is 4.32. The van der Waals surface area contributed by atoms with Crippen molar-refractivity contribution in [2.75, 3.05) is 18.6 Å². The van der Waals surface area contributed by atoms with Crippen LogP contribution in [0, 0.1) is 12.7 Å². The molecule has 0 radical (unpaired) electrons. The lowest BCUT2D eigenvalue weighted by Gasteiger charge is -2.32. The summed E-state index contributed by atoms with van der Waals surface area (Å²) in [5.74, 6) is 0.0411. The van der Waals surface area contributed by atoms with Gasteiger partial charge in [0.1, 0.15) is 11.6 Å². The third-order valence-corrected chi connectivity index (χ3v) is 4.82. The van der Waals surface area contributed by atoms with Crippen molar-refractivity contribution in [3.05, 3.63) is 57.9 Å². The summed E-state index contributed by atoms with van der Waals surface area (Å²) >= 11 is 6.06. The molecule has 0 unspecified atom stereocenters. The first-order chi connectivity index (χ1) is 11.5. The fourth-order valence-electron chi connectivity index (χ4n) is 3.21. The van der Waals surface area contributed by atoms with Gasteiger partial charge in [-0.15, -0.1) is 0 Å². The first-order valence-corrected chi connectivity index (χ1v) is 8.30. The summed E-state index contributed by atoms with van der Waals surface area (Å²) in [4.78, 5) is 14.6. The van der Waals surface area contributed by atoms with E-state index in [2.05, 4.69) is 0 Å². The zero-order valence-corrected chi connectivity index (χ0v) is 14.5. The number of nitrogens with zero attached hydrogens (tertiary/aromatic N) is 1. The molecular weight excluding hydrogens is 329 g/mol. The van der Waals surface area contributed by atoms with Crippen molar-refractivity contribution >= 4 is 23.2 Å². The Kier molecular flexibility index (Phi) is 4.76. The van der Waals surface area contributed by atoms with Crippen LogP contribution in [0.15, 0.2) is 30.3 Å². The van der Waals surface area contributed by atoms with Crippen LogP contribution in [-0.2, 0) is 17.6 Å². The molecule has 0 spiro atoms. The number of amides is 1. The van der Waals surface area contributed by atoms with Gasteiger partial charge in [-0.1, -0.05) is 23.7 Å². The lowest BCUT2D eigenvalue weighted by Crippen LogP contribution is -2.37. The lowest BCUT2D eigenvalue weighted by molar-refractivity contribution is -0.118. The van der Waals surface area contributed by atoms with E-state index in [1.54, 1.807) is 18.1 Å². The van der Waals surface area contributed by atoms with Crippen LogP contribution in [0.3, 0.4) is 0 Å². The van der Waals surface area contributed by atoms with E-state index in [1.807, 2.05) is 19.1 Å². The first-order valence-electron chi connectivity index (χ1n) is 7.92. The summed E-state index contributed by atoms with van der Waals surface area (Å²) in [5, 5.41) is 0.275. The summed E-state index contributed by atoms with van der Waals surface area (Å²) in [6.07, 6.45) is 1.71. The maximum atomic E-state index is 14.0. The minimum absolute atomic E-state index is 0.0674. The molecule has 3 nitrogen and oxygen atoms in total. The van der Waals surface area contributed by atoms with Crippen LogP contribution < -0.4 is 9.64 Å². The van der Waals surface area contributed by atoms with Crippen molar-refractivity contribution in [2.24, 2.45) is 0 Å². The van der Waals surface area contributed by atoms with Gasteiger partial charge in [0, 0.05) is 17.1 Å². The maximum absolute atomic E-state index is 14.0. The Labute approximate surface area is 146 Å². The van der Waals surface area contributed by atoms with Gasteiger partial charge in [-0.3, -0.25) is 4.79 Å². The van der Waals surface area contributed by atoms with Crippen LogP contribution in [0.5, 0.6) is 5.75 Å². The lowest BCUT2D eigenvalue weighted by atomic mass is 9.95. The molecule has 0 saturated carbocycles. The number of aryl methyl sites for hydroxylation is 1. The van der Waals surface area contributed by atoms with E-state index in [1.165, 1.54) is 12.1 Å². The SMILES string of the molecule is COc1ccc(C)c2c1N(C(=O)Cc1c(F)cccc1Cl)CCC2. The number of rotatable bonds is 3. The molecule has 2 aromatic carbocycles. The van der Waals surface area contributed by atoms with Gasteiger partial charge in [0.05, 0.1) is 19.2 Å². The van der Waals surface area contributed by atoms with Gasteiger partial charge in [-0.2, -0.15) is 0 Å². The molecule has 1 aliphatic rings. The molecule has 0 aromatic heterocycles. The number of carbonyl (C=O) groups excluding carboxylic acids is 1. The fourth-order valence-corrected chi connectivity index (χ4v) is 3.44. The second-order valence-electron chi connectivity index (χ2n) is 5.94. The molecule has 0 fully saturated rings. The number of benzene rings is 2. The highest BCUT2D eigenvalue weighted by Crippen LogP contribution is 2.38. The molecular formula is C19H19ClFNO2. The number of fused-ring (bicyclic) bond motifs is 1. The first kappa shape index (κ1) is 16.8. The Morgan fingerprint density at radius 2 is 2.12 bits per heavy atom. The Balaban J connectivity index is 1.97. The van der Waals surface area contributed by atoms with Crippen molar-refractivity contribution in [3.63, 3.8) is 0 Å². The molecule has 0 N–H and O–H groups in total. The fraction of sp³-hybridized carbons (Fsp3) is 0.316. The van der Waals surface area contributed by atoms with Gasteiger partial charge in [0.25, 0.3) is 0 Å². The highest BCUT2D eigenvalue weighted by atomic mass is 35.5. The number of carbonyl (C=O) groups is 1. The monoisotopic (exact) mass is 347 g/mol. The van der Waals surface area contributed by atoms with Crippen LogP contribution in [-0.4, -0.2) is 19.6 Å². The van der Waals surface area contributed by atoms with Gasteiger partial charge in [0.15, 0.2) is 0 Å². The van der Waals surface area contributed by atoms with Crippen LogP contribution in [0.25, 0.3) is 0 Å². The van der Waals surface area contributed by atoms with Gasteiger partial charge >= 0.3 is 0 Å². The minimum atomic E-state index is -0.454. The molecule has 3 rings (SSSR count). The number of hydrogen-bond donors (Lipinski definition) is 0. The molecule has 1 amide bonds. The molecule has 0 atom stereocenters. The number of hydrogen-bond acceptors (Lipinski definition) is 2. The Morgan fingerprint density at radius 1 is 1.33 bits per heavy atom. The van der Waals surface area contributed by atoms with E-state index < -0.39 is 5.82 Å². The average molecular weight is 348 g/mol. The quantitative estimate of drug-likeness (QED) is 0.827. The summed E-state index contributed by atoms with van der Waals surface area (Å²) in [7, 11) is 1.59. The van der Waals surface area contributed by atoms with E-state index in [0.29, 0.717) is 12.3 Å². The summed E-state index contributed by atoms with van der Waals surface area (Å²) in [6, 6.07) is 8.33. The average Bonchev–Trinajstić information content (AvgIpc) is 2.58. The van der Waals surface area contributed by atoms with E-state index in [4.69, 9.17) is 16.3 Å². The van der Waals surface area contributed by atoms with E-state index in [9.17, 15) is 9.18 Å². The molecule has 1 aliphatic heterocycles. The third-order valence-electron chi connectivity index (χ3n) is 4.47. The highest BCUT2D eigenvalue weighted by molar-refractivity contribution is 6.31. The van der Waals surface area contributed by atoms with Gasteiger partial charge < -0.3 is 9.64 Å². The smallest absolute Gasteiger partial charge is 0.231 e. The van der Waals surface area contributed by atoms with Crippen LogP contribution in [0.1, 0.15) is 23.1 Å². The van der Waals surface area contributed by atoms with Crippen LogP contribution in [0.2, 0.25) is 5.02 Å². The molecule has 0 saturated heterocycles. The van der Waals surface area contributed by atoms with Crippen molar-refractivity contribution in [3.8, 4) is 5.75 Å². The van der Waals surface area contributed by atoms with Gasteiger partial charge in [0.2, 0.25) is 5.91 Å². The molecule has 0 bridgehead atoms. The van der Waals surface area contributed by atoms with E-state index >= 15 is 0 Å². The largest absolute Gasteiger partial charge is 0.495 e. The van der Waals surface area contributed by atoms with Gasteiger partial charge in [-0.05, 0) is 49.1 Å². The third kappa shape index (κ3) is 2.98. The van der Waals surface area contributed by atoms with E-state index in [-0.39, 0.29) is 22.9 Å². The summed E-state index contributed by atoms with van der Waals surface area (Å²) in [5.41, 5.74) is 3.30. The molecule has 0 aliphatic carbocycles. The zero-order chi connectivity index (χ0) is 17.3. The van der Waals surface area contributed by atoms with Crippen LogP contribution in [0.4, 0.5) is 10.1 Å². The molecule has 2 aromatic rings. The van der Waals surface area contributed by atoms with Crippen molar-refractivity contribution in [1.29, 1.82) is 0 Å².